The van der Waals surface area contributed by atoms with E-state index in [4.69, 9.17) is 8.92 Å². The Bertz CT molecular complexity index is 403. The number of hydrogen-bond donors (Lipinski definition) is 2. The summed E-state index contributed by atoms with van der Waals surface area (Å²) < 4.78 is 33.4. The third kappa shape index (κ3) is 5.69. The van der Waals surface area contributed by atoms with Gasteiger partial charge in [0.05, 0.1) is 18.5 Å². The summed E-state index contributed by atoms with van der Waals surface area (Å²) in [6.07, 6.45) is 4.25. The summed E-state index contributed by atoms with van der Waals surface area (Å²) in [5.41, 5.74) is 0.913. The van der Waals surface area contributed by atoms with Crippen LogP contribution in [0.3, 0.4) is 0 Å². The Balaban J connectivity index is 2.54. The molecule has 104 valence electrons. The van der Waals surface area contributed by atoms with Crippen molar-refractivity contribution in [3.63, 3.8) is 0 Å². The molecule has 7 heteroatoms. The van der Waals surface area contributed by atoms with E-state index in [0.29, 0.717) is 25.2 Å². The average Bonchev–Trinajstić information content (AvgIpc) is 2.36. The van der Waals surface area contributed by atoms with Crippen LogP contribution in [0.1, 0.15) is 12.8 Å². The van der Waals surface area contributed by atoms with Crippen molar-refractivity contribution in [2.75, 3.05) is 18.1 Å². The summed E-state index contributed by atoms with van der Waals surface area (Å²) in [5.74, 6) is 0.236. The van der Waals surface area contributed by atoms with Crippen molar-refractivity contribution in [1.82, 2.24) is 0 Å². The second-order valence-electron chi connectivity index (χ2n) is 4.03. The van der Waals surface area contributed by atoms with Crippen molar-refractivity contribution in [1.29, 1.82) is 0 Å². The summed E-state index contributed by atoms with van der Waals surface area (Å²) in [5, 5.41) is -0.327. The number of thiol groups is 2. The maximum Gasteiger partial charge on any atom is 0.309 e. The van der Waals surface area contributed by atoms with Gasteiger partial charge < -0.3 is 8.92 Å². The van der Waals surface area contributed by atoms with Crippen LogP contribution in [-0.2, 0) is 19.0 Å². The molecule has 0 aromatic rings. The van der Waals surface area contributed by atoms with Gasteiger partial charge >= 0.3 is 10.1 Å². The minimum atomic E-state index is -3.58. The first-order chi connectivity index (χ1) is 8.46. The topological polar surface area (TPSA) is 52.6 Å². The normalized spacial score (nSPS) is 24.8. The van der Waals surface area contributed by atoms with E-state index in [-0.39, 0.29) is 17.1 Å². The van der Waals surface area contributed by atoms with Crippen LogP contribution < -0.4 is 0 Å². The third-order valence-electron chi connectivity index (χ3n) is 2.45. The molecule has 0 saturated carbocycles. The highest BCUT2D eigenvalue weighted by Gasteiger charge is 2.18. The predicted octanol–water partition coefficient (Wildman–Crippen LogP) is 1.81. The molecule has 18 heavy (non-hydrogen) atoms. The van der Waals surface area contributed by atoms with Gasteiger partial charge in [-0.15, -0.1) is 6.58 Å². The largest absolute Gasteiger partial charge is 0.390 e. The summed E-state index contributed by atoms with van der Waals surface area (Å²) in [4.78, 5) is 0. The highest BCUT2D eigenvalue weighted by atomic mass is 32.2. The predicted molar refractivity (Wildman–Crippen MR) is 78.8 cm³/mol. The van der Waals surface area contributed by atoms with E-state index in [2.05, 4.69) is 31.8 Å². The van der Waals surface area contributed by atoms with E-state index in [1.54, 1.807) is 6.08 Å². The molecule has 1 saturated heterocycles. The maximum atomic E-state index is 11.6. The smallest absolute Gasteiger partial charge is 0.309 e. The van der Waals surface area contributed by atoms with Crippen molar-refractivity contribution >= 4 is 35.4 Å². The van der Waals surface area contributed by atoms with Gasteiger partial charge in [0, 0.05) is 17.4 Å². The van der Waals surface area contributed by atoms with Crippen molar-refractivity contribution in [3.8, 4) is 0 Å². The molecule has 0 aromatic carbocycles. The number of hydrogen-bond acceptors (Lipinski definition) is 6. The fraction of sp³-hybridized carbons (Fsp3) is 0.636. The van der Waals surface area contributed by atoms with Crippen LogP contribution in [0.15, 0.2) is 24.5 Å². The molecule has 0 bridgehead atoms. The quantitative estimate of drug-likeness (QED) is 0.340. The molecule has 0 aromatic heterocycles. The van der Waals surface area contributed by atoms with Gasteiger partial charge in [0.15, 0.2) is 0 Å². The molecule has 0 spiro atoms. The van der Waals surface area contributed by atoms with Crippen molar-refractivity contribution in [2.45, 2.75) is 24.2 Å². The van der Waals surface area contributed by atoms with E-state index in [1.165, 1.54) is 6.26 Å². The second-order valence-corrected chi connectivity index (χ2v) is 6.77. The Morgan fingerprint density at radius 2 is 2.33 bits per heavy atom. The number of ether oxygens (including phenoxy) is 1. The van der Waals surface area contributed by atoms with E-state index >= 15 is 0 Å². The van der Waals surface area contributed by atoms with Crippen LogP contribution in [-0.4, -0.2) is 37.9 Å². The zero-order chi connectivity index (χ0) is 13.6. The summed E-state index contributed by atoms with van der Waals surface area (Å²) in [7, 11) is -3.58. The minimum absolute atomic E-state index is 0.0635. The van der Waals surface area contributed by atoms with Crippen LogP contribution >= 0.6 is 25.3 Å². The zero-order valence-corrected chi connectivity index (χ0v) is 12.6. The fourth-order valence-corrected chi connectivity index (χ4v) is 3.29. The first kappa shape index (κ1) is 15.9. The minimum Gasteiger partial charge on any atom is -0.390 e. The Morgan fingerprint density at radius 3 is 2.94 bits per heavy atom. The van der Waals surface area contributed by atoms with Crippen molar-refractivity contribution in [3.05, 3.63) is 24.5 Å². The first-order valence-corrected chi connectivity index (χ1v) is 8.31. The molecule has 0 aliphatic carbocycles. The van der Waals surface area contributed by atoms with Gasteiger partial charge in [-0.25, -0.2) is 0 Å². The molecule has 1 fully saturated rings. The molecule has 1 rings (SSSR count). The highest BCUT2D eigenvalue weighted by molar-refractivity contribution is 7.89. The molecule has 1 aliphatic rings. The zero-order valence-electron chi connectivity index (χ0n) is 9.99. The Morgan fingerprint density at radius 1 is 1.61 bits per heavy atom. The Labute approximate surface area is 119 Å². The summed E-state index contributed by atoms with van der Waals surface area (Å²) >= 11 is 8.07. The van der Waals surface area contributed by atoms with Gasteiger partial charge in [-0.2, -0.15) is 33.7 Å². The molecule has 0 N–H and O–H groups in total. The molecule has 1 aliphatic heterocycles. The van der Waals surface area contributed by atoms with Crippen molar-refractivity contribution in [2.24, 2.45) is 0 Å². The lowest BCUT2D eigenvalue weighted by molar-refractivity contribution is 0.0666. The van der Waals surface area contributed by atoms with Gasteiger partial charge in [0.1, 0.15) is 6.26 Å². The average molecular weight is 310 g/mol. The second kappa shape index (κ2) is 7.47. The fourth-order valence-electron chi connectivity index (χ4n) is 1.49. The molecular formula is C11H18O4S3. The Kier molecular flexibility index (Phi) is 6.62. The lowest BCUT2D eigenvalue weighted by Crippen LogP contribution is -2.20. The van der Waals surface area contributed by atoms with Crippen LogP contribution in [0, 0.1) is 0 Å². The molecule has 0 amide bonds. The van der Waals surface area contributed by atoms with Gasteiger partial charge in [0.25, 0.3) is 0 Å². The van der Waals surface area contributed by atoms with Crippen LogP contribution in [0.25, 0.3) is 0 Å². The number of rotatable bonds is 6. The standard InChI is InChI=1S/C11H18O4S3/c1-2-10-5-9(3-4-14-10)6-15-18(12,13)8-11(17)7-16/h2,6,10-11,16-17H,1,3-5,7-8H2/b9-6+/t10-,11?/m0/s1. The molecular weight excluding hydrogens is 292 g/mol. The van der Waals surface area contributed by atoms with E-state index in [0.717, 1.165) is 5.57 Å². The lowest BCUT2D eigenvalue weighted by Gasteiger charge is -2.21. The third-order valence-corrected chi connectivity index (χ3v) is 4.99. The van der Waals surface area contributed by atoms with Gasteiger partial charge in [-0.05, 0) is 12.0 Å². The van der Waals surface area contributed by atoms with Gasteiger partial charge in [-0.1, -0.05) is 6.08 Å². The van der Waals surface area contributed by atoms with Gasteiger partial charge in [-0.3, -0.25) is 0 Å². The molecule has 1 unspecified atom stereocenters. The van der Waals surface area contributed by atoms with E-state index in [1.807, 2.05) is 0 Å². The lowest BCUT2D eigenvalue weighted by atomic mass is 10.0. The highest BCUT2D eigenvalue weighted by Crippen LogP contribution is 2.20. The van der Waals surface area contributed by atoms with E-state index < -0.39 is 10.1 Å². The van der Waals surface area contributed by atoms with Crippen LogP contribution in [0.4, 0.5) is 0 Å². The SMILES string of the molecule is C=C[C@H]1C/C(=C/OS(=O)(=O)CC(S)CS)CCO1. The van der Waals surface area contributed by atoms with Crippen molar-refractivity contribution < 1.29 is 17.3 Å². The van der Waals surface area contributed by atoms with Crippen LogP contribution in [0.5, 0.6) is 0 Å². The molecule has 2 atom stereocenters. The summed E-state index contributed by atoms with van der Waals surface area (Å²) in [6, 6.07) is 0. The maximum absolute atomic E-state index is 11.6. The molecule has 1 heterocycles. The monoisotopic (exact) mass is 310 g/mol. The van der Waals surface area contributed by atoms with E-state index in [9.17, 15) is 8.42 Å². The molecule has 4 nitrogen and oxygen atoms in total. The van der Waals surface area contributed by atoms with Crippen LogP contribution in [0.2, 0.25) is 0 Å². The van der Waals surface area contributed by atoms with Gasteiger partial charge in [0.2, 0.25) is 0 Å². The summed E-state index contributed by atoms with van der Waals surface area (Å²) in [6.45, 7) is 4.20. The molecule has 0 radical (unpaired) electrons. The Hall–Kier alpha value is -0.110. The first-order valence-electron chi connectivity index (χ1n) is 5.59.